The summed E-state index contributed by atoms with van der Waals surface area (Å²) in [6.07, 6.45) is -0.874. The monoisotopic (exact) mass is 347 g/mol. The Kier molecular flexibility index (Phi) is 5.94. The summed E-state index contributed by atoms with van der Waals surface area (Å²) >= 11 is 0. The number of methoxy groups -OCH3 is 2. The first-order valence-electron chi connectivity index (χ1n) is 7.44. The van der Waals surface area contributed by atoms with Gasteiger partial charge in [0.15, 0.2) is 17.6 Å². The van der Waals surface area contributed by atoms with Gasteiger partial charge in [-0.3, -0.25) is 4.79 Å². The average Bonchev–Trinajstić information content (AvgIpc) is 2.61. The van der Waals surface area contributed by atoms with Crippen molar-refractivity contribution in [3.63, 3.8) is 0 Å². The molecule has 0 aliphatic heterocycles. The van der Waals surface area contributed by atoms with Gasteiger partial charge >= 0.3 is 5.97 Å². The van der Waals surface area contributed by atoms with Crippen molar-refractivity contribution in [3.05, 3.63) is 53.8 Å². The van der Waals surface area contributed by atoms with Gasteiger partial charge in [0.25, 0.3) is 5.91 Å². The second-order valence-corrected chi connectivity index (χ2v) is 5.12. The Morgan fingerprint density at radius 3 is 2.48 bits per heavy atom. The minimum atomic E-state index is -0.874. The summed E-state index contributed by atoms with van der Waals surface area (Å²) in [5, 5.41) is 2.56. The molecule has 0 aromatic heterocycles. The van der Waals surface area contributed by atoms with Crippen molar-refractivity contribution in [2.45, 2.75) is 13.0 Å². The summed E-state index contributed by atoms with van der Waals surface area (Å²) in [6.45, 7) is 1.54. The van der Waals surface area contributed by atoms with E-state index < -0.39 is 23.8 Å². The second kappa shape index (κ2) is 8.14. The number of halogens is 1. The van der Waals surface area contributed by atoms with Crippen LogP contribution in [0.4, 0.5) is 10.1 Å². The number of hydrogen-bond donors (Lipinski definition) is 1. The molecule has 1 atom stereocenters. The lowest BCUT2D eigenvalue weighted by Crippen LogP contribution is -2.30. The van der Waals surface area contributed by atoms with Crippen LogP contribution in [0.1, 0.15) is 17.3 Å². The van der Waals surface area contributed by atoms with Gasteiger partial charge in [-0.1, -0.05) is 6.07 Å². The SMILES string of the molecule is COC(=O)c1ccc(O[C@H](C)C(=O)Nc2cccc(F)c2)c(OC)c1. The first kappa shape index (κ1) is 18.3. The van der Waals surface area contributed by atoms with E-state index >= 15 is 0 Å². The molecule has 7 heteroatoms. The minimum Gasteiger partial charge on any atom is -0.493 e. The van der Waals surface area contributed by atoms with Crippen molar-refractivity contribution in [2.75, 3.05) is 19.5 Å². The Morgan fingerprint density at radius 2 is 1.84 bits per heavy atom. The number of carbonyl (C=O) groups is 2. The normalized spacial score (nSPS) is 11.4. The topological polar surface area (TPSA) is 73.9 Å². The van der Waals surface area contributed by atoms with Crippen LogP contribution >= 0.6 is 0 Å². The smallest absolute Gasteiger partial charge is 0.337 e. The fourth-order valence-electron chi connectivity index (χ4n) is 2.06. The number of nitrogens with one attached hydrogen (secondary N) is 1. The Bertz CT molecular complexity index is 778. The van der Waals surface area contributed by atoms with Gasteiger partial charge in [-0.2, -0.15) is 0 Å². The molecule has 0 spiro atoms. The lowest BCUT2D eigenvalue weighted by Gasteiger charge is -2.17. The fraction of sp³-hybridized carbons (Fsp3) is 0.222. The standard InChI is InChI=1S/C18H18FNO5/c1-11(17(21)20-14-6-4-5-13(19)10-14)25-15-8-7-12(18(22)24-3)9-16(15)23-2/h4-11H,1-3H3,(H,20,21)/t11-/m1/s1. The lowest BCUT2D eigenvalue weighted by atomic mass is 10.2. The highest BCUT2D eigenvalue weighted by atomic mass is 19.1. The summed E-state index contributed by atoms with van der Waals surface area (Å²) in [5.74, 6) is -0.844. The quantitative estimate of drug-likeness (QED) is 0.813. The molecular weight excluding hydrogens is 329 g/mol. The molecule has 0 saturated heterocycles. The highest BCUT2D eigenvalue weighted by molar-refractivity contribution is 5.94. The maximum Gasteiger partial charge on any atom is 0.337 e. The third-order valence-corrected chi connectivity index (χ3v) is 3.35. The third-order valence-electron chi connectivity index (χ3n) is 3.35. The van der Waals surface area contributed by atoms with Crippen molar-refractivity contribution in [1.82, 2.24) is 0 Å². The summed E-state index contributed by atoms with van der Waals surface area (Å²) < 4.78 is 28.6. The van der Waals surface area contributed by atoms with E-state index in [2.05, 4.69) is 10.1 Å². The van der Waals surface area contributed by atoms with E-state index in [1.807, 2.05) is 0 Å². The first-order chi connectivity index (χ1) is 11.9. The maximum absolute atomic E-state index is 13.2. The molecule has 132 valence electrons. The van der Waals surface area contributed by atoms with Gasteiger partial charge in [0.2, 0.25) is 0 Å². The van der Waals surface area contributed by atoms with E-state index in [0.717, 1.165) is 0 Å². The van der Waals surface area contributed by atoms with Crippen molar-refractivity contribution in [1.29, 1.82) is 0 Å². The molecule has 1 amide bonds. The van der Waals surface area contributed by atoms with E-state index in [-0.39, 0.29) is 11.5 Å². The number of ether oxygens (including phenoxy) is 3. The average molecular weight is 347 g/mol. The first-order valence-corrected chi connectivity index (χ1v) is 7.44. The summed E-state index contributed by atoms with van der Waals surface area (Å²) in [5.41, 5.74) is 0.622. The van der Waals surface area contributed by atoms with Gasteiger partial charge in [0, 0.05) is 5.69 Å². The third kappa shape index (κ3) is 4.69. The molecule has 0 unspecified atom stereocenters. The number of carbonyl (C=O) groups excluding carboxylic acids is 2. The number of anilines is 1. The molecule has 1 N–H and O–H groups in total. The van der Waals surface area contributed by atoms with Gasteiger partial charge in [-0.15, -0.1) is 0 Å². The number of hydrogen-bond acceptors (Lipinski definition) is 5. The molecule has 0 bridgehead atoms. The number of rotatable bonds is 6. The van der Waals surface area contributed by atoms with Crippen LogP contribution in [-0.4, -0.2) is 32.2 Å². The predicted octanol–water partition coefficient (Wildman–Crippen LogP) is 3.03. The number of esters is 1. The number of benzene rings is 2. The van der Waals surface area contributed by atoms with E-state index in [1.165, 1.54) is 50.6 Å². The van der Waals surface area contributed by atoms with Crippen LogP contribution in [-0.2, 0) is 9.53 Å². The highest BCUT2D eigenvalue weighted by Crippen LogP contribution is 2.29. The van der Waals surface area contributed by atoms with Crippen molar-refractivity contribution < 1.29 is 28.2 Å². The Morgan fingerprint density at radius 1 is 1.08 bits per heavy atom. The molecule has 6 nitrogen and oxygen atoms in total. The van der Waals surface area contributed by atoms with Crippen molar-refractivity contribution >= 4 is 17.6 Å². The molecular formula is C18H18FNO5. The van der Waals surface area contributed by atoms with Crippen molar-refractivity contribution in [2.24, 2.45) is 0 Å². The van der Waals surface area contributed by atoms with Gasteiger partial charge in [0.05, 0.1) is 19.8 Å². The molecule has 0 aliphatic rings. The summed E-state index contributed by atoms with van der Waals surface area (Å²) in [4.78, 5) is 23.7. The Labute approximate surface area is 144 Å². The van der Waals surface area contributed by atoms with Crippen LogP contribution in [0.25, 0.3) is 0 Å². The maximum atomic E-state index is 13.2. The zero-order chi connectivity index (χ0) is 18.4. The molecule has 25 heavy (non-hydrogen) atoms. The zero-order valence-corrected chi connectivity index (χ0v) is 14.0. The predicted molar refractivity (Wildman–Crippen MR) is 89.5 cm³/mol. The van der Waals surface area contributed by atoms with E-state index in [1.54, 1.807) is 13.0 Å². The van der Waals surface area contributed by atoms with E-state index in [4.69, 9.17) is 9.47 Å². The van der Waals surface area contributed by atoms with Gasteiger partial charge in [-0.05, 0) is 43.3 Å². The van der Waals surface area contributed by atoms with Crippen LogP contribution in [0.3, 0.4) is 0 Å². The number of amides is 1. The molecule has 2 aromatic carbocycles. The van der Waals surface area contributed by atoms with Crippen molar-refractivity contribution in [3.8, 4) is 11.5 Å². The fourth-order valence-corrected chi connectivity index (χ4v) is 2.06. The molecule has 0 aliphatic carbocycles. The second-order valence-electron chi connectivity index (χ2n) is 5.12. The largest absolute Gasteiger partial charge is 0.493 e. The minimum absolute atomic E-state index is 0.285. The van der Waals surface area contributed by atoms with Crippen LogP contribution in [0.5, 0.6) is 11.5 Å². The van der Waals surface area contributed by atoms with Crippen LogP contribution in [0.2, 0.25) is 0 Å². The molecule has 0 radical (unpaired) electrons. The summed E-state index contributed by atoms with van der Waals surface area (Å²) in [6, 6.07) is 10.0. The Hall–Kier alpha value is -3.09. The molecule has 0 fully saturated rings. The van der Waals surface area contributed by atoms with Gasteiger partial charge in [-0.25, -0.2) is 9.18 Å². The molecule has 0 heterocycles. The van der Waals surface area contributed by atoms with Crippen LogP contribution < -0.4 is 14.8 Å². The summed E-state index contributed by atoms with van der Waals surface area (Å²) in [7, 11) is 2.69. The van der Waals surface area contributed by atoms with E-state index in [9.17, 15) is 14.0 Å². The Balaban J connectivity index is 2.09. The molecule has 0 saturated carbocycles. The highest BCUT2D eigenvalue weighted by Gasteiger charge is 2.18. The zero-order valence-electron chi connectivity index (χ0n) is 14.0. The van der Waals surface area contributed by atoms with E-state index in [0.29, 0.717) is 11.3 Å². The molecule has 2 aromatic rings. The van der Waals surface area contributed by atoms with Crippen LogP contribution in [0.15, 0.2) is 42.5 Å². The van der Waals surface area contributed by atoms with Gasteiger partial charge < -0.3 is 19.5 Å². The van der Waals surface area contributed by atoms with Crippen LogP contribution in [0, 0.1) is 5.82 Å². The lowest BCUT2D eigenvalue weighted by molar-refractivity contribution is -0.122. The molecule has 2 rings (SSSR count). The van der Waals surface area contributed by atoms with Gasteiger partial charge in [0.1, 0.15) is 5.82 Å².